The van der Waals surface area contributed by atoms with Crippen molar-refractivity contribution in [3.05, 3.63) is 0 Å². The quantitative estimate of drug-likeness (QED) is 0.809. The van der Waals surface area contributed by atoms with Gasteiger partial charge in [-0.2, -0.15) is 0 Å². The number of carboxylic acids is 1. The van der Waals surface area contributed by atoms with E-state index in [2.05, 4.69) is 26.1 Å². The second-order valence-corrected chi connectivity index (χ2v) is 6.79. The second kappa shape index (κ2) is 4.56. The van der Waals surface area contributed by atoms with Crippen LogP contribution in [0.3, 0.4) is 0 Å². The summed E-state index contributed by atoms with van der Waals surface area (Å²) in [5.41, 5.74) is 0.365. The van der Waals surface area contributed by atoms with Gasteiger partial charge >= 0.3 is 5.97 Å². The molecule has 0 aromatic heterocycles. The molecule has 1 amide bonds. The monoisotopic (exact) mass is 253 g/mol. The summed E-state index contributed by atoms with van der Waals surface area (Å²) in [7, 11) is 0. The van der Waals surface area contributed by atoms with Gasteiger partial charge in [0.2, 0.25) is 5.91 Å². The SMILES string of the molecule is CC1CC(C)(C)CCC1NC(=O)C1CC1C(=O)O. The zero-order valence-electron chi connectivity index (χ0n) is 11.4. The van der Waals surface area contributed by atoms with Gasteiger partial charge in [0.1, 0.15) is 0 Å². The van der Waals surface area contributed by atoms with Gasteiger partial charge < -0.3 is 10.4 Å². The van der Waals surface area contributed by atoms with Gasteiger partial charge in [-0.05, 0) is 37.0 Å². The van der Waals surface area contributed by atoms with E-state index in [1.165, 1.54) is 0 Å². The summed E-state index contributed by atoms with van der Waals surface area (Å²) >= 11 is 0. The predicted octanol–water partition coefficient (Wildman–Crippen LogP) is 2.04. The van der Waals surface area contributed by atoms with Crippen LogP contribution in [0.5, 0.6) is 0 Å². The molecule has 18 heavy (non-hydrogen) atoms. The summed E-state index contributed by atoms with van der Waals surface area (Å²) in [6.07, 6.45) is 3.75. The van der Waals surface area contributed by atoms with Crippen LogP contribution in [0.1, 0.15) is 46.5 Å². The first-order valence-electron chi connectivity index (χ1n) is 6.83. The van der Waals surface area contributed by atoms with Crippen molar-refractivity contribution in [2.24, 2.45) is 23.2 Å². The molecule has 2 saturated carbocycles. The van der Waals surface area contributed by atoms with Crippen LogP contribution in [0.2, 0.25) is 0 Å². The van der Waals surface area contributed by atoms with Gasteiger partial charge in [-0.15, -0.1) is 0 Å². The Labute approximate surface area is 108 Å². The van der Waals surface area contributed by atoms with E-state index in [1.54, 1.807) is 0 Å². The van der Waals surface area contributed by atoms with Crippen molar-refractivity contribution in [1.82, 2.24) is 5.32 Å². The van der Waals surface area contributed by atoms with Crippen molar-refractivity contribution in [2.45, 2.75) is 52.5 Å². The molecule has 2 rings (SSSR count). The lowest BCUT2D eigenvalue weighted by atomic mass is 9.70. The highest BCUT2D eigenvalue weighted by Gasteiger charge is 2.49. The Kier molecular flexibility index (Phi) is 3.39. The van der Waals surface area contributed by atoms with Crippen molar-refractivity contribution in [3.8, 4) is 0 Å². The first-order chi connectivity index (χ1) is 8.30. The number of hydrogen-bond acceptors (Lipinski definition) is 2. The van der Waals surface area contributed by atoms with Crippen molar-refractivity contribution in [1.29, 1.82) is 0 Å². The summed E-state index contributed by atoms with van der Waals surface area (Å²) in [5.74, 6) is -1.16. The van der Waals surface area contributed by atoms with E-state index in [0.717, 1.165) is 19.3 Å². The molecule has 0 radical (unpaired) electrons. The molecule has 2 aliphatic carbocycles. The minimum Gasteiger partial charge on any atom is -0.481 e. The molecule has 0 spiro atoms. The maximum absolute atomic E-state index is 11.9. The Hall–Kier alpha value is -1.06. The fourth-order valence-electron chi connectivity index (χ4n) is 3.21. The zero-order chi connectivity index (χ0) is 13.5. The normalized spacial score (nSPS) is 37.9. The summed E-state index contributed by atoms with van der Waals surface area (Å²) in [5, 5.41) is 11.9. The maximum atomic E-state index is 11.9. The molecule has 2 N–H and O–H groups in total. The molecule has 0 saturated heterocycles. The van der Waals surface area contributed by atoms with Gasteiger partial charge in [0.15, 0.2) is 0 Å². The molecule has 4 unspecified atom stereocenters. The van der Waals surface area contributed by atoms with E-state index in [-0.39, 0.29) is 17.9 Å². The smallest absolute Gasteiger partial charge is 0.307 e. The van der Waals surface area contributed by atoms with Crippen LogP contribution in [0.25, 0.3) is 0 Å². The molecule has 0 bridgehead atoms. The minimum atomic E-state index is -0.840. The average molecular weight is 253 g/mol. The van der Waals surface area contributed by atoms with Crippen LogP contribution in [0.15, 0.2) is 0 Å². The van der Waals surface area contributed by atoms with E-state index in [1.807, 2.05) is 0 Å². The number of amides is 1. The van der Waals surface area contributed by atoms with E-state index in [4.69, 9.17) is 5.11 Å². The van der Waals surface area contributed by atoms with E-state index in [0.29, 0.717) is 17.8 Å². The Morgan fingerprint density at radius 1 is 1.28 bits per heavy atom. The molecule has 0 aliphatic heterocycles. The van der Waals surface area contributed by atoms with Crippen LogP contribution < -0.4 is 5.32 Å². The number of carbonyl (C=O) groups is 2. The molecular weight excluding hydrogens is 230 g/mol. The topological polar surface area (TPSA) is 66.4 Å². The third-order valence-electron chi connectivity index (χ3n) is 4.47. The predicted molar refractivity (Wildman–Crippen MR) is 68.0 cm³/mol. The highest BCUT2D eigenvalue weighted by Crippen LogP contribution is 2.41. The second-order valence-electron chi connectivity index (χ2n) is 6.79. The fourth-order valence-corrected chi connectivity index (χ4v) is 3.21. The lowest BCUT2D eigenvalue weighted by Gasteiger charge is -2.39. The van der Waals surface area contributed by atoms with Gasteiger partial charge in [-0.3, -0.25) is 9.59 Å². The van der Waals surface area contributed by atoms with Gasteiger partial charge in [0.05, 0.1) is 11.8 Å². The molecular formula is C14H23NO3. The summed E-state index contributed by atoms with van der Waals surface area (Å²) < 4.78 is 0. The summed E-state index contributed by atoms with van der Waals surface area (Å²) in [4.78, 5) is 22.7. The molecule has 4 nitrogen and oxygen atoms in total. The fraction of sp³-hybridized carbons (Fsp3) is 0.857. The van der Waals surface area contributed by atoms with Crippen LogP contribution in [0, 0.1) is 23.2 Å². The molecule has 4 heteroatoms. The van der Waals surface area contributed by atoms with Crippen LogP contribution in [0.4, 0.5) is 0 Å². The first kappa shape index (κ1) is 13.4. The van der Waals surface area contributed by atoms with E-state index < -0.39 is 11.9 Å². The molecule has 2 aliphatic rings. The van der Waals surface area contributed by atoms with Crippen molar-refractivity contribution < 1.29 is 14.7 Å². The minimum absolute atomic E-state index is 0.0565. The largest absolute Gasteiger partial charge is 0.481 e. The number of hydrogen-bond donors (Lipinski definition) is 2. The summed E-state index contributed by atoms with van der Waals surface area (Å²) in [6, 6.07) is 0.223. The number of rotatable bonds is 3. The highest BCUT2D eigenvalue weighted by molar-refractivity contribution is 5.89. The molecule has 0 aromatic carbocycles. The lowest BCUT2D eigenvalue weighted by molar-refractivity contribution is -0.140. The van der Waals surface area contributed by atoms with E-state index >= 15 is 0 Å². The average Bonchev–Trinajstić information content (AvgIpc) is 3.01. The van der Waals surface area contributed by atoms with Gasteiger partial charge in [0, 0.05) is 6.04 Å². The molecule has 0 heterocycles. The molecule has 4 atom stereocenters. The zero-order valence-corrected chi connectivity index (χ0v) is 11.4. The van der Waals surface area contributed by atoms with Crippen molar-refractivity contribution >= 4 is 11.9 Å². The maximum Gasteiger partial charge on any atom is 0.307 e. The van der Waals surface area contributed by atoms with Gasteiger partial charge in [0.25, 0.3) is 0 Å². The summed E-state index contributed by atoms with van der Waals surface area (Å²) in [6.45, 7) is 6.71. The van der Waals surface area contributed by atoms with Crippen LogP contribution in [-0.4, -0.2) is 23.0 Å². The van der Waals surface area contributed by atoms with Gasteiger partial charge in [-0.1, -0.05) is 20.8 Å². The van der Waals surface area contributed by atoms with Crippen molar-refractivity contribution in [3.63, 3.8) is 0 Å². The highest BCUT2D eigenvalue weighted by atomic mass is 16.4. The number of aliphatic carboxylic acids is 1. The Morgan fingerprint density at radius 2 is 1.94 bits per heavy atom. The number of carboxylic acid groups (broad SMARTS) is 1. The van der Waals surface area contributed by atoms with Crippen LogP contribution in [-0.2, 0) is 9.59 Å². The first-order valence-corrected chi connectivity index (χ1v) is 6.83. The number of carbonyl (C=O) groups excluding carboxylic acids is 1. The molecule has 2 fully saturated rings. The van der Waals surface area contributed by atoms with E-state index in [9.17, 15) is 9.59 Å². The molecule has 102 valence electrons. The Bertz CT molecular complexity index is 364. The third-order valence-corrected chi connectivity index (χ3v) is 4.47. The van der Waals surface area contributed by atoms with Gasteiger partial charge in [-0.25, -0.2) is 0 Å². The Balaban J connectivity index is 1.84. The third kappa shape index (κ3) is 2.85. The Morgan fingerprint density at radius 3 is 2.44 bits per heavy atom. The number of nitrogens with one attached hydrogen (secondary N) is 1. The van der Waals surface area contributed by atoms with Crippen molar-refractivity contribution in [2.75, 3.05) is 0 Å². The standard InChI is InChI=1S/C14H23NO3/c1-8-7-14(2,3)5-4-11(8)15-12(16)9-6-10(9)13(17)18/h8-11H,4-7H2,1-3H3,(H,15,16)(H,17,18). The lowest BCUT2D eigenvalue weighted by Crippen LogP contribution is -2.45. The van der Waals surface area contributed by atoms with Crippen LogP contribution >= 0.6 is 0 Å². The molecule has 0 aromatic rings.